The molecule has 0 atom stereocenters. The van der Waals surface area contributed by atoms with E-state index in [0.29, 0.717) is 0 Å². The summed E-state index contributed by atoms with van der Waals surface area (Å²) in [5.41, 5.74) is 2.69. The second-order valence-electron chi connectivity index (χ2n) is 2.18. The Kier molecular flexibility index (Phi) is 9.29. The van der Waals surface area contributed by atoms with E-state index in [9.17, 15) is 0 Å². The molecule has 56 valence electrons. The van der Waals surface area contributed by atoms with Gasteiger partial charge in [-0.05, 0) is 6.92 Å². The predicted molar refractivity (Wildman–Crippen MR) is 40.2 cm³/mol. The zero-order valence-corrected chi connectivity index (χ0v) is 11.9. The van der Waals surface area contributed by atoms with Crippen LogP contribution in [0.25, 0.3) is 0 Å². The molecule has 0 saturated carbocycles. The third-order valence-electron chi connectivity index (χ3n) is 1.53. The summed E-state index contributed by atoms with van der Waals surface area (Å²) in [6, 6.07) is 8.32. The Balaban J connectivity index is 0. The molecule has 0 nitrogen and oxygen atoms in total. The van der Waals surface area contributed by atoms with Gasteiger partial charge in [-0.25, -0.2) is 0 Å². The molecule has 1 aromatic carbocycles. The van der Waals surface area contributed by atoms with Crippen LogP contribution >= 0.6 is 0 Å². The first-order chi connectivity index (χ1) is 4.34. The molecule has 0 aromatic heterocycles. The molecule has 2 heteroatoms. The van der Waals surface area contributed by atoms with E-state index < -0.39 is 0 Å². The second-order valence-corrected chi connectivity index (χ2v) is 2.18. The fourth-order valence-electron chi connectivity index (χ4n) is 0.891. The van der Waals surface area contributed by atoms with Gasteiger partial charge in [0.05, 0.1) is 0 Å². The number of benzene rings is 1. The van der Waals surface area contributed by atoms with Gasteiger partial charge in [0.2, 0.25) is 0 Å². The smallest absolute Gasteiger partial charge is 1.00 e. The normalized spacial score (nSPS) is 7.82. The Morgan fingerprint density at radius 2 is 1.82 bits per heavy atom. The van der Waals surface area contributed by atoms with Gasteiger partial charge in [-0.15, -0.1) is 0 Å². The molecule has 0 spiro atoms. The summed E-state index contributed by atoms with van der Waals surface area (Å²) in [6.45, 7) is 5.93. The Hall–Kier alpha value is 0.573. The first-order valence-electron chi connectivity index (χ1n) is 3.18. The fraction of sp³-hybridized carbons (Fsp3) is 0.222. The molecule has 1 aromatic rings. The molecule has 0 fully saturated rings. The number of hydrogen-bond donors (Lipinski definition) is 0. The van der Waals surface area contributed by atoms with Crippen molar-refractivity contribution in [2.24, 2.45) is 0 Å². The fourth-order valence-corrected chi connectivity index (χ4v) is 0.891. The van der Waals surface area contributed by atoms with Gasteiger partial charge in [0, 0.05) is 0 Å². The van der Waals surface area contributed by atoms with Crippen molar-refractivity contribution in [3.05, 3.63) is 42.3 Å². The van der Waals surface area contributed by atoms with Gasteiger partial charge in [0.25, 0.3) is 0 Å². The SMILES string of the molecule is [CH2-]Cc1ccccc1C.[I-].[Zn+2]. The van der Waals surface area contributed by atoms with Crippen molar-refractivity contribution in [2.45, 2.75) is 13.3 Å². The molecule has 0 aliphatic heterocycles. The number of hydrogen-bond acceptors (Lipinski definition) is 0. The van der Waals surface area contributed by atoms with E-state index in [1.807, 2.05) is 6.07 Å². The maximum Gasteiger partial charge on any atom is 2.00 e. The molecule has 0 heterocycles. The second kappa shape index (κ2) is 7.23. The Morgan fingerprint density at radius 1 is 1.27 bits per heavy atom. The van der Waals surface area contributed by atoms with E-state index in [1.165, 1.54) is 11.1 Å². The van der Waals surface area contributed by atoms with Gasteiger partial charge in [0.15, 0.2) is 0 Å². The number of aryl methyl sites for hydroxylation is 1. The summed E-state index contributed by atoms with van der Waals surface area (Å²) in [5.74, 6) is 0. The van der Waals surface area contributed by atoms with E-state index in [4.69, 9.17) is 0 Å². The van der Waals surface area contributed by atoms with Gasteiger partial charge >= 0.3 is 19.5 Å². The molecule has 0 amide bonds. The van der Waals surface area contributed by atoms with Crippen LogP contribution in [0.1, 0.15) is 11.1 Å². The van der Waals surface area contributed by atoms with Crippen molar-refractivity contribution in [3.8, 4) is 0 Å². The van der Waals surface area contributed by atoms with Gasteiger partial charge < -0.3 is 30.9 Å². The third-order valence-corrected chi connectivity index (χ3v) is 1.53. The standard InChI is InChI=1S/C9H11.HI.Zn/c1-3-9-7-5-4-6-8(9)2;;/h4-7H,1,3H2,2H3;1H;/q-1;;+2/p-1. The average Bonchev–Trinajstić information content (AvgIpc) is 1.89. The summed E-state index contributed by atoms with van der Waals surface area (Å²) in [6.07, 6.45) is 0.896. The van der Waals surface area contributed by atoms with Crippen LogP contribution in [0.15, 0.2) is 24.3 Å². The van der Waals surface area contributed by atoms with Crippen LogP contribution in [-0.2, 0) is 25.9 Å². The maximum absolute atomic E-state index is 3.82. The minimum atomic E-state index is 0. The van der Waals surface area contributed by atoms with Crippen molar-refractivity contribution < 1.29 is 43.5 Å². The molecule has 1 rings (SSSR count). The van der Waals surface area contributed by atoms with E-state index in [0.717, 1.165) is 6.42 Å². The average molecular weight is 311 g/mol. The molecular weight excluding hydrogens is 300 g/mol. The van der Waals surface area contributed by atoms with Gasteiger partial charge in [-0.3, -0.25) is 0 Å². The minimum Gasteiger partial charge on any atom is -1.00 e. The Morgan fingerprint density at radius 3 is 2.18 bits per heavy atom. The molecule has 0 aliphatic rings. The van der Waals surface area contributed by atoms with E-state index in [2.05, 4.69) is 32.0 Å². The van der Waals surface area contributed by atoms with Gasteiger partial charge in [-0.1, -0.05) is 35.4 Å². The molecule has 0 aliphatic carbocycles. The van der Waals surface area contributed by atoms with E-state index in [1.54, 1.807) is 0 Å². The van der Waals surface area contributed by atoms with Crippen LogP contribution in [0.4, 0.5) is 0 Å². The Labute approximate surface area is 98.6 Å². The van der Waals surface area contributed by atoms with E-state index >= 15 is 0 Å². The van der Waals surface area contributed by atoms with Crippen LogP contribution < -0.4 is 24.0 Å². The van der Waals surface area contributed by atoms with Crippen LogP contribution in [0.2, 0.25) is 0 Å². The summed E-state index contributed by atoms with van der Waals surface area (Å²) in [5, 5.41) is 0. The van der Waals surface area contributed by atoms with Crippen LogP contribution in [0.3, 0.4) is 0 Å². The maximum atomic E-state index is 3.82. The predicted octanol–water partition coefficient (Wildman–Crippen LogP) is -0.627. The van der Waals surface area contributed by atoms with Crippen molar-refractivity contribution >= 4 is 0 Å². The van der Waals surface area contributed by atoms with Crippen LogP contribution in [0.5, 0.6) is 0 Å². The summed E-state index contributed by atoms with van der Waals surface area (Å²) >= 11 is 0. The molecule has 0 saturated heterocycles. The first-order valence-corrected chi connectivity index (χ1v) is 3.18. The zero-order valence-electron chi connectivity index (χ0n) is 6.81. The molecule has 0 radical (unpaired) electrons. The topological polar surface area (TPSA) is 0 Å². The largest absolute Gasteiger partial charge is 2.00 e. The summed E-state index contributed by atoms with van der Waals surface area (Å²) < 4.78 is 0. The summed E-state index contributed by atoms with van der Waals surface area (Å²) in [7, 11) is 0. The van der Waals surface area contributed by atoms with Crippen molar-refractivity contribution in [3.63, 3.8) is 0 Å². The van der Waals surface area contributed by atoms with Crippen molar-refractivity contribution in [1.82, 2.24) is 0 Å². The first kappa shape index (κ1) is 14.1. The molecule has 11 heavy (non-hydrogen) atoms. The van der Waals surface area contributed by atoms with Gasteiger partial charge in [0.1, 0.15) is 0 Å². The van der Waals surface area contributed by atoms with E-state index in [-0.39, 0.29) is 43.5 Å². The number of halogens is 1. The Bertz CT molecular complexity index is 199. The van der Waals surface area contributed by atoms with Crippen molar-refractivity contribution in [2.75, 3.05) is 0 Å². The monoisotopic (exact) mass is 310 g/mol. The van der Waals surface area contributed by atoms with Crippen LogP contribution in [-0.4, -0.2) is 0 Å². The molecule has 0 N–H and O–H groups in total. The third kappa shape index (κ3) is 4.22. The van der Waals surface area contributed by atoms with Crippen molar-refractivity contribution in [1.29, 1.82) is 0 Å². The van der Waals surface area contributed by atoms with Gasteiger partial charge in [-0.2, -0.15) is 6.42 Å². The molecular formula is C9H11IZn. The molecule has 0 bridgehead atoms. The van der Waals surface area contributed by atoms with Crippen LogP contribution in [0, 0.1) is 13.8 Å². The zero-order chi connectivity index (χ0) is 6.69. The minimum absolute atomic E-state index is 0. The number of rotatable bonds is 1. The molecule has 0 unspecified atom stereocenters. The summed E-state index contributed by atoms with van der Waals surface area (Å²) in [4.78, 5) is 0. The quantitative estimate of drug-likeness (QED) is 0.368.